The zero-order chi connectivity index (χ0) is 14.1. The fraction of sp³-hybridized carbons (Fsp3) is 0.714. The van der Waals surface area contributed by atoms with Crippen LogP contribution in [-0.4, -0.2) is 36.3 Å². The van der Waals surface area contributed by atoms with Gasteiger partial charge >= 0.3 is 0 Å². The Hall–Kier alpha value is -1.36. The lowest BCUT2D eigenvalue weighted by molar-refractivity contribution is 0.0804. The monoisotopic (exact) mass is 267 g/mol. The molecular formula is C14H25N3O2. The zero-order valence-corrected chi connectivity index (χ0v) is 12.4. The van der Waals surface area contributed by atoms with Crippen molar-refractivity contribution in [3.8, 4) is 5.88 Å². The molecule has 0 fully saturated rings. The molecule has 0 unspecified atom stereocenters. The number of aromatic nitrogens is 2. The molecule has 0 atom stereocenters. The molecule has 0 aliphatic heterocycles. The average Bonchev–Trinajstić information content (AvgIpc) is 2.38. The molecule has 5 heteroatoms. The van der Waals surface area contributed by atoms with Crippen LogP contribution in [0.5, 0.6) is 5.88 Å². The van der Waals surface area contributed by atoms with Crippen LogP contribution in [0.2, 0.25) is 0 Å². The molecule has 0 saturated carbocycles. The number of hydrogen-bond acceptors (Lipinski definition) is 5. The second-order valence-corrected chi connectivity index (χ2v) is 4.93. The summed E-state index contributed by atoms with van der Waals surface area (Å²) >= 11 is 0. The third kappa shape index (κ3) is 6.38. The highest BCUT2D eigenvalue weighted by molar-refractivity contribution is 5.32. The summed E-state index contributed by atoms with van der Waals surface area (Å²) in [7, 11) is 0. The van der Waals surface area contributed by atoms with E-state index in [1.807, 2.05) is 6.92 Å². The van der Waals surface area contributed by atoms with Crippen molar-refractivity contribution in [2.75, 3.05) is 31.7 Å². The van der Waals surface area contributed by atoms with Gasteiger partial charge in [-0.2, -0.15) is 4.98 Å². The van der Waals surface area contributed by atoms with E-state index in [1.54, 1.807) is 6.20 Å². The SMILES string of the molecule is CCCNc1ncc(C)c(OCCOCC(C)C)n1. The maximum atomic E-state index is 5.62. The van der Waals surface area contributed by atoms with Crippen molar-refractivity contribution in [1.29, 1.82) is 0 Å². The van der Waals surface area contributed by atoms with Crippen molar-refractivity contribution < 1.29 is 9.47 Å². The molecule has 108 valence electrons. The predicted molar refractivity (Wildman–Crippen MR) is 76.7 cm³/mol. The summed E-state index contributed by atoms with van der Waals surface area (Å²) < 4.78 is 11.1. The molecule has 0 amide bonds. The van der Waals surface area contributed by atoms with E-state index in [1.165, 1.54) is 0 Å². The first-order valence-electron chi connectivity index (χ1n) is 6.91. The number of aryl methyl sites for hydroxylation is 1. The minimum Gasteiger partial charge on any atom is -0.475 e. The Bertz CT molecular complexity index is 370. The molecule has 0 bridgehead atoms. The third-order valence-corrected chi connectivity index (χ3v) is 2.38. The van der Waals surface area contributed by atoms with Crippen LogP contribution in [0, 0.1) is 12.8 Å². The number of hydrogen-bond donors (Lipinski definition) is 1. The van der Waals surface area contributed by atoms with Crippen LogP contribution in [0.4, 0.5) is 5.95 Å². The number of nitrogens with zero attached hydrogens (tertiary/aromatic N) is 2. The minimum absolute atomic E-state index is 0.512. The minimum atomic E-state index is 0.512. The van der Waals surface area contributed by atoms with Gasteiger partial charge in [-0.05, 0) is 19.3 Å². The first-order chi connectivity index (χ1) is 9.13. The van der Waals surface area contributed by atoms with E-state index in [9.17, 15) is 0 Å². The van der Waals surface area contributed by atoms with E-state index in [0.29, 0.717) is 31.0 Å². The van der Waals surface area contributed by atoms with E-state index in [0.717, 1.165) is 25.1 Å². The van der Waals surface area contributed by atoms with Crippen LogP contribution < -0.4 is 10.1 Å². The fourth-order valence-corrected chi connectivity index (χ4v) is 1.41. The second kappa shape index (κ2) is 8.69. The van der Waals surface area contributed by atoms with Gasteiger partial charge in [-0.1, -0.05) is 20.8 Å². The van der Waals surface area contributed by atoms with Crippen LogP contribution in [-0.2, 0) is 4.74 Å². The number of anilines is 1. The molecule has 1 rings (SSSR count). The first-order valence-corrected chi connectivity index (χ1v) is 6.91. The van der Waals surface area contributed by atoms with Crippen LogP contribution in [0.1, 0.15) is 32.8 Å². The highest BCUT2D eigenvalue weighted by atomic mass is 16.5. The summed E-state index contributed by atoms with van der Waals surface area (Å²) in [4.78, 5) is 8.55. The van der Waals surface area contributed by atoms with Crippen molar-refractivity contribution >= 4 is 5.95 Å². The van der Waals surface area contributed by atoms with E-state index in [4.69, 9.17) is 9.47 Å². The van der Waals surface area contributed by atoms with Gasteiger partial charge in [0.25, 0.3) is 0 Å². The number of ether oxygens (including phenoxy) is 2. The molecule has 0 spiro atoms. The quantitative estimate of drug-likeness (QED) is 0.697. The van der Waals surface area contributed by atoms with Gasteiger partial charge in [0.2, 0.25) is 11.8 Å². The highest BCUT2D eigenvalue weighted by Crippen LogP contribution is 2.15. The summed E-state index contributed by atoms with van der Waals surface area (Å²) in [6, 6.07) is 0. The summed E-state index contributed by atoms with van der Waals surface area (Å²) in [5.74, 6) is 1.79. The molecule has 19 heavy (non-hydrogen) atoms. The van der Waals surface area contributed by atoms with Crippen LogP contribution in [0.25, 0.3) is 0 Å². The smallest absolute Gasteiger partial charge is 0.225 e. The third-order valence-electron chi connectivity index (χ3n) is 2.38. The van der Waals surface area contributed by atoms with Gasteiger partial charge in [0.15, 0.2) is 0 Å². The van der Waals surface area contributed by atoms with E-state index < -0.39 is 0 Å². The molecule has 1 aromatic heterocycles. The Labute approximate surface area is 115 Å². The van der Waals surface area contributed by atoms with Gasteiger partial charge in [0, 0.05) is 24.9 Å². The normalized spacial score (nSPS) is 10.8. The molecule has 0 aromatic carbocycles. The molecule has 0 aliphatic carbocycles. The lowest BCUT2D eigenvalue weighted by atomic mass is 10.2. The van der Waals surface area contributed by atoms with Crippen LogP contribution in [0.15, 0.2) is 6.20 Å². The summed E-state index contributed by atoms with van der Waals surface area (Å²) in [6.07, 6.45) is 2.81. The molecule has 5 nitrogen and oxygen atoms in total. The van der Waals surface area contributed by atoms with Crippen molar-refractivity contribution in [1.82, 2.24) is 9.97 Å². The van der Waals surface area contributed by atoms with Crippen LogP contribution in [0.3, 0.4) is 0 Å². The summed E-state index contributed by atoms with van der Waals surface area (Å²) in [6.45, 7) is 11.0. The van der Waals surface area contributed by atoms with Gasteiger partial charge in [0.05, 0.1) is 6.61 Å². The standard InChI is InChI=1S/C14H25N3O2/c1-5-6-15-14-16-9-12(4)13(17-14)19-8-7-18-10-11(2)3/h9,11H,5-8,10H2,1-4H3,(H,15,16,17). The molecule has 1 N–H and O–H groups in total. The van der Waals surface area contributed by atoms with Gasteiger partial charge in [-0.3, -0.25) is 0 Å². The Morgan fingerprint density at radius 1 is 1.32 bits per heavy atom. The lowest BCUT2D eigenvalue weighted by Gasteiger charge is -2.11. The largest absolute Gasteiger partial charge is 0.475 e. The van der Waals surface area contributed by atoms with E-state index in [-0.39, 0.29) is 0 Å². The maximum absolute atomic E-state index is 5.62. The van der Waals surface area contributed by atoms with Crippen molar-refractivity contribution in [3.05, 3.63) is 11.8 Å². The van der Waals surface area contributed by atoms with E-state index >= 15 is 0 Å². The molecule has 1 heterocycles. The fourth-order valence-electron chi connectivity index (χ4n) is 1.41. The molecule has 1 aromatic rings. The lowest BCUT2D eigenvalue weighted by Crippen LogP contribution is -2.12. The summed E-state index contributed by atoms with van der Waals surface area (Å²) in [5.41, 5.74) is 0.936. The van der Waals surface area contributed by atoms with Crippen molar-refractivity contribution in [2.45, 2.75) is 34.1 Å². The van der Waals surface area contributed by atoms with Gasteiger partial charge < -0.3 is 14.8 Å². The summed E-state index contributed by atoms with van der Waals surface area (Å²) in [5, 5.41) is 3.14. The Balaban J connectivity index is 2.39. The van der Waals surface area contributed by atoms with Crippen molar-refractivity contribution in [3.63, 3.8) is 0 Å². The van der Waals surface area contributed by atoms with Gasteiger partial charge in [-0.25, -0.2) is 4.98 Å². The van der Waals surface area contributed by atoms with Crippen LogP contribution >= 0.6 is 0 Å². The number of nitrogens with one attached hydrogen (secondary N) is 1. The van der Waals surface area contributed by atoms with Gasteiger partial charge in [-0.15, -0.1) is 0 Å². The molecule has 0 radical (unpaired) electrons. The predicted octanol–water partition coefficient (Wildman–Crippen LogP) is 2.66. The highest BCUT2D eigenvalue weighted by Gasteiger charge is 2.04. The molecular weight excluding hydrogens is 242 g/mol. The number of rotatable bonds is 9. The van der Waals surface area contributed by atoms with Crippen molar-refractivity contribution in [2.24, 2.45) is 5.92 Å². The first kappa shape index (κ1) is 15.7. The Morgan fingerprint density at radius 3 is 2.79 bits per heavy atom. The van der Waals surface area contributed by atoms with E-state index in [2.05, 4.69) is 36.1 Å². The Morgan fingerprint density at radius 2 is 2.11 bits per heavy atom. The topological polar surface area (TPSA) is 56.3 Å². The molecule has 0 saturated heterocycles. The zero-order valence-electron chi connectivity index (χ0n) is 12.4. The van der Waals surface area contributed by atoms with Gasteiger partial charge in [0.1, 0.15) is 6.61 Å². The molecule has 0 aliphatic rings. The maximum Gasteiger partial charge on any atom is 0.225 e. The average molecular weight is 267 g/mol. The Kier molecular flexibility index (Phi) is 7.18. The second-order valence-electron chi connectivity index (χ2n) is 4.93.